The summed E-state index contributed by atoms with van der Waals surface area (Å²) < 4.78 is 20.4. The van der Waals surface area contributed by atoms with Crippen LogP contribution in [-0.2, 0) is 5.67 Å². The summed E-state index contributed by atoms with van der Waals surface area (Å²) in [6.07, 6.45) is 2.62. The molecule has 1 fully saturated rings. The molecule has 0 saturated heterocycles. The first kappa shape index (κ1) is 10.8. The Hall–Kier alpha value is -1.35. The van der Waals surface area contributed by atoms with E-state index in [-0.39, 0.29) is 6.04 Å². The van der Waals surface area contributed by atoms with E-state index < -0.39 is 5.67 Å². The molecule has 1 saturated carbocycles. The van der Waals surface area contributed by atoms with E-state index in [1.807, 2.05) is 30.3 Å². The molecule has 17 heavy (non-hydrogen) atoms. The van der Waals surface area contributed by atoms with Gasteiger partial charge in [0, 0.05) is 17.8 Å². The van der Waals surface area contributed by atoms with Gasteiger partial charge in [-0.25, -0.2) is 4.39 Å². The Kier molecular flexibility index (Phi) is 2.44. The highest BCUT2D eigenvalue weighted by Gasteiger charge is 2.39. The number of rotatable bonds is 1. The van der Waals surface area contributed by atoms with Gasteiger partial charge in [0.1, 0.15) is 11.3 Å². The third-order valence-electron chi connectivity index (χ3n) is 3.60. The van der Waals surface area contributed by atoms with Crippen molar-refractivity contribution in [3.63, 3.8) is 0 Å². The largest absolute Gasteiger partial charge is 0.458 e. The maximum Gasteiger partial charge on any atom is 0.169 e. The number of benzene rings is 1. The van der Waals surface area contributed by atoms with Gasteiger partial charge in [-0.1, -0.05) is 18.2 Å². The minimum atomic E-state index is -1.38. The van der Waals surface area contributed by atoms with E-state index in [4.69, 9.17) is 10.2 Å². The lowest BCUT2D eigenvalue weighted by Gasteiger charge is -2.31. The van der Waals surface area contributed by atoms with Crippen molar-refractivity contribution in [2.75, 3.05) is 0 Å². The van der Waals surface area contributed by atoms with Crippen LogP contribution in [0.2, 0.25) is 0 Å². The molecular weight excluding hydrogens is 217 g/mol. The fraction of sp³-hybridized carbons (Fsp3) is 0.429. The molecule has 2 atom stereocenters. The molecule has 0 radical (unpaired) electrons. The number of para-hydroxylation sites is 1. The van der Waals surface area contributed by atoms with Crippen molar-refractivity contribution in [1.82, 2.24) is 0 Å². The van der Waals surface area contributed by atoms with Gasteiger partial charge >= 0.3 is 0 Å². The van der Waals surface area contributed by atoms with Crippen LogP contribution >= 0.6 is 0 Å². The van der Waals surface area contributed by atoms with E-state index in [0.717, 1.165) is 23.8 Å². The SMILES string of the molecule is NC1CCCC(F)(c2cc3ccccc3o2)C1. The molecule has 2 unspecified atom stereocenters. The first-order valence-corrected chi connectivity index (χ1v) is 6.11. The molecule has 2 N–H and O–H groups in total. The van der Waals surface area contributed by atoms with Crippen molar-refractivity contribution in [2.24, 2.45) is 5.73 Å². The average molecular weight is 233 g/mol. The summed E-state index contributed by atoms with van der Waals surface area (Å²) in [6, 6.07) is 9.39. The highest BCUT2D eigenvalue weighted by molar-refractivity contribution is 5.77. The van der Waals surface area contributed by atoms with Crippen molar-refractivity contribution >= 4 is 11.0 Å². The Bertz CT molecular complexity index is 503. The molecule has 0 bridgehead atoms. The molecule has 1 heterocycles. The molecule has 0 amide bonds. The van der Waals surface area contributed by atoms with Crippen molar-refractivity contribution < 1.29 is 8.81 Å². The lowest BCUT2D eigenvalue weighted by Crippen LogP contribution is -2.35. The zero-order valence-corrected chi connectivity index (χ0v) is 9.66. The maximum atomic E-state index is 14.8. The number of furan rings is 1. The summed E-state index contributed by atoms with van der Waals surface area (Å²) in [5.41, 5.74) is 5.23. The number of halogens is 1. The van der Waals surface area contributed by atoms with Crippen LogP contribution in [0.3, 0.4) is 0 Å². The second kappa shape index (κ2) is 3.84. The zero-order valence-electron chi connectivity index (χ0n) is 9.66. The number of hydrogen-bond donors (Lipinski definition) is 1. The molecule has 1 aromatic carbocycles. The van der Waals surface area contributed by atoms with Crippen LogP contribution in [0.15, 0.2) is 34.7 Å². The summed E-state index contributed by atoms with van der Waals surface area (Å²) in [7, 11) is 0. The highest BCUT2D eigenvalue weighted by atomic mass is 19.1. The molecule has 0 aliphatic heterocycles. The van der Waals surface area contributed by atoms with E-state index in [1.54, 1.807) is 0 Å². The monoisotopic (exact) mass is 233 g/mol. The predicted molar refractivity (Wildman–Crippen MR) is 65.4 cm³/mol. The maximum absolute atomic E-state index is 14.8. The van der Waals surface area contributed by atoms with Crippen LogP contribution < -0.4 is 5.73 Å². The minimum absolute atomic E-state index is 0.0537. The molecule has 1 aliphatic carbocycles. The summed E-state index contributed by atoms with van der Waals surface area (Å²) in [5, 5.41) is 0.957. The van der Waals surface area contributed by atoms with Crippen LogP contribution in [0.25, 0.3) is 11.0 Å². The predicted octanol–water partition coefficient (Wildman–Crippen LogP) is 3.50. The number of nitrogens with two attached hydrogens (primary N) is 1. The molecule has 1 aromatic heterocycles. The van der Waals surface area contributed by atoms with Gasteiger partial charge in [-0.3, -0.25) is 0 Å². The Morgan fingerprint density at radius 3 is 2.94 bits per heavy atom. The van der Waals surface area contributed by atoms with E-state index in [9.17, 15) is 4.39 Å². The van der Waals surface area contributed by atoms with Crippen molar-refractivity contribution in [3.05, 3.63) is 36.1 Å². The van der Waals surface area contributed by atoms with Gasteiger partial charge in [-0.15, -0.1) is 0 Å². The van der Waals surface area contributed by atoms with E-state index in [0.29, 0.717) is 18.6 Å². The Labute approximate surface area is 99.6 Å². The van der Waals surface area contributed by atoms with Crippen LogP contribution in [-0.4, -0.2) is 6.04 Å². The first-order chi connectivity index (χ1) is 8.17. The average Bonchev–Trinajstić information content (AvgIpc) is 2.73. The second-order valence-electron chi connectivity index (χ2n) is 4.97. The van der Waals surface area contributed by atoms with Crippen molar-refractivity contribution in [1.29, 1.82) is 0 Å². The number of hydrogen-bond acceptors (Lipinski definition) is 2. The van der Waals surface area contributed by atoms with E-state index in [1.165, 1.54) is 0 Å². The summed E-state index contributed by atoms with van der Waals surface area (Å²) in [5.74, 6) is 0.439. The van der Waals surface area contributed by atoms with Gasteiger partial charge in [0.25, 0.3) is 0 Å². The van der Waals surface area contributed by atoms with Crippen LogP contribution in [0.1, 0.15) is 31.4 Å². The lowest BCUT2D eigenvalue weighted by molar-refractivity contribution is 0.0709. The quantitative estimate of drug-likeness (QED) is 0.818. The lowest BCUT2D eigenvalue weighted by atomic mass is 9.82. The van der Waals surface area contributed by atoms with Gasteiger partial charge in [-0.05, 0) is 31.4 Å². The minimum Gasteiger partial charge on any atom is -0.458 e. The van der Waals surface area contributed by atoms with Gasteiger partial charge in [0.2, 0.25) is 0 Å². The third kappa shape index (κ3) is 1.84. The van der Waals surface area contributed by atoms with Gasteiger partial charge < -0.3 is 10.2 Å². The first-order valence-electron chi connectivity index (χ1n) is 6.11. The molecule has 3 heteroatoms. The number of fused-ring (bicyclic) bond motifs is 1. The Morgan fingerprint density at radius 2 is 2.18 bits per heavy atom. The molecule has 90 valence electrons. The fourth-order valence-electron chi connectivity index (χ4n) is 2.69. The number of alkyl halides is 1. The molecule has 2 aromatic rings. The van der Waals surface area contributed by atoms with Crippen LogP contribution in [0, 0.1) is 0 Å². The topological polar surface area (TPSA) is 39.2 Å². The van der Waals surface area contributed by atoms with E-state index in [2.05, 4.69) is 0 Å². The van der Waals surface area contributed by atoms with Gasteiger partial charge in [-0.2, -0.15) is 0 Å². The van der Waals surface area contributed by atoms with Gasteiger partial charge in [0.05, 0.1) is 0 Å². The van der Waals surface area contributed by atoms with Crippen molar-refractivity contribution in [2.45, 2.75) is 37.4 Å². The van der Waals surface area contributed by atoms with Crippen molar-refractivity contribution in [3.8, 4) is 0 Å². The summed E-state index contributed by atoms with van der Waals surface area (Å²) in [4.78, 5) is 0. The summed E-state index contributed by atoms with van der Waals surface area (Å²) >= 11 is 0. The second-order valence-corrected chi connectivity index (χ2v) is 4.97. The molecule has 3 rings (SSSR count). The Morgan fingerprint density at radius 1 is 1.35 bits per heavy atom. The fourth-order valence-corrected chi connectivity index (χ4v) is 2.69. The smallest absolute Gasteiger partial charge is 0.169 e. The third-order valence-corrected chi connectivity index (χ3v) is 3.60. The standard InChI is InChI=1S/C14H16FNO/c15-14(7-3-5-11(16)9-14)13-8-10-4-1-2-6-12(10)17-13/h1-2,4,6,8,11H,3,5,7,9,16H2. The zero-order chi connectivity index (χ0) is 11.9. The van der Waals surface area contributed by atoms with Crippen LogP contribution in [0.4, 0.5) is 4.39 Å². The van der Waals surface area contributed by atoms with E-state index >= 15 is 0 Å². The highest BCUT2D eigenvalue weighted by Crippen LogP contribution is 2.42. The molecule has 1 aliphatic rings. The molecule has 2 nitrogen and oxygen atoms in total. The molecular formula is C14H16FNO. The Balaban J connectivity index is 2.02. The normalized spacial score (nSPS) is 29.6. The summed E-state index contributed by atoms with van der Waals surface area (Å²) in [6.45, 7) is 0. The molecule has 0 spiro atoms. The van der Waals surface area contributed by atoms with Crippen LogP contribution in [0.5, 0.6) is 0 Å². The van der Waals surface area contributed by atoms with Gasteiger partial charge in [0.15, 0.2) is 5.67 Å².